The molecule has 2 fully saturated rings. The van der Waals surface area contributed by atoms with Gasteiger partial charge in [-0.25, -0.2) is 4.98 Å². The summed E-state index contributed by atoms with van der Waals surface area (Å²) < 4.78 is 0. The van der Waals surface area contributed by atoms with E-state index in [-0.39, 0.29) is 5.78 Å². The number of para-hydroxylation sites is 1. The van der Waals surface area contributed by atoms with Gasteiger partial charge in [0, 0.05) is 54.9 Å². The fourth-order valence-electron chi connectivity index (χ4n) is 3.66. The molecule has 2 saturated heterocycles. The Kier molecular flexibility index (Phi) is 3.69. The number of nitrogens with zero attached hydrogens (tertiary/aromatic N) is 3. The minimum atomic E-state index is -0.0440. The van der Waals surface area contributed by atoms with E-state index in [4.69, 9.17) is 5.73 Å². The molecule has 2 aliphatic rings. The number of pyridine rings is 1. The van der Waals surface area contributed by atoms with Gasteiger partial charge in [0.1, 0.15) is 5.82 Å². The maximum atomic E-state index is 12.3. The van der Waals surface area contributed by atoms with E-state index in [1.54, 1.807) is 18.2 Å². The normalized spacial score (nSPS) is 22.5. The molecule has 0 amide bonds. The summed E-state index contributed by atoms with van der Waals surface area (Å²) >= 11 is 0. The summed E-state index contributed by atoms with van der Waals surface area (Å²) in [5.41, 5.74) is 6.95. The third-order valence-corrected chi connectivity index (χ3v) is 4.87. The molecule has 1 aromatic carbocycles. The lowest BCUT2D eigenvalue weighted by molar-refractivity contribution is 0.104. The van der Waals surface area contributed by atoms with Crippen molar-refractivity contribution in [3.05, 3.63) is 66.5 Å². The number of anilines is 2. The molecule has 0 radical (unpaired) electrons. The molecule has 0 aliphatic carbocycles. The van der Waals surface area contributed by atoms with Crippen molar-refractivity contribution in [1.82, 2.24) is 9.88 Å². The van der Waals surface area contributed by atoms with Gasteiger partial charge < -0.3 is 15.5 Å². The number of benzene rings is 1. The predicted octanol–water partition coefficient (Wildman–Crippen LogP) is 2.32. The zero-order chi connectivity index (χ0) is 16.5. The van der Waals surface area contributed by atoms with Crippen LogP contribution in [-0.4, -0.2) is 40.8 Å². The lowest BCUT2D eigenvalue weighted by Gasteiger charge is -2.34. The van der Waals surface area contributed by atoms with Gasteiger partial charge in [0.15, 0.2) is 5.78 Å². The van der Waals surface area contributed by atoms with Crippen molar-refractivity contribution in [2.75, 3.05) is 23.7 Å². The maximum absolute atomic E-state index is 12.3. The van der Waals surface area contributed by atoms with Crippen molar-refractivity contribution < 1.29 is 4.79 Å². The second-order valence-electron chi connectivity index (χ2n) is 6.35. The number of carbonyl (C=O) groups is 1. The topological polar surface area (TPSA) is 62.5 Å². The maximum Gasteiger partial charge on any atom is 0.189 e. The quantitative estimate of drug-likeness (QED) is 0.532. The van der Waals surface area contributed by atoms with Gasteiger partial charge in [0.05, 0.1) is 0 Å². The SMILES string of the molecule is Nc1ccccc1C(=O)/C=C/N1C[C@H]2C[C@@H]1CN2c1ccccn1. The number of fused-ring (bicyclic) bond motifs is 2. The summed E-state index contributed by atoms with van der Waals surface area (Å²) in [6, 6.07) is 14.1. The molecule has 122 valence electrons. The Labute approximate surface area is 141 Å². The van der Waals surface area contributed by atoms with Crippen molar-refractivity contribution >= 4 is 17.3 Å². The minimum absolute atomic E-state index is 0.0440. The van der Waals surface area contributed by atoms with Crippen LogP contribution in [0.3, 0.4) is 0 Å². The van der Waals surface area contributed by atoms with Crippen molar-refractivity contribution in [1.29, 1.82) is 0 Å². The Hall–Kier alpha value is -2.82. The molecule has 24 heavy (non-hydrogen) atoms. The number of hydrogen-bond acceptors (Lipinski definition) is 5. The van der Waals surface area contributed by atoms with Gasteiger partial charge in [0.2, 0.25) is 0 Å². The molecule has 2 aliphatic heterocycles. The smallest absolute Gasteiger partial charge is 0.189 e. The van der Waals surface area contributed by atoms with Gasteiger partial charge in [-0.1, -0.05) is 18.2 Å². The van der Waals surface area contributed by atoms with E-state index in [1.165, 1.54) is 0 Å². The lowest BCUT2D eigenvalue weighted by Crippen LogP contribution is -2.44. The van der Waals surface area contributed by atoms with E-state index in [0.717, 1.165) is 25.3 Å². The molecule has 3 heterocycles. The Morgan fingerprint density at radius 2 is 1.96 bits per heavy atom. The zero-order valence-corrected chi connectivity index (χ0v) is 13.4. The molecule has 0 unspecified atom stereocenters. The van der Waals surface area contributed by atoms with Crippen LogP contribution >= 0.6 is 0 Å². The number of carbonyl (C=O) groups excluding carboxylic acids is 1. The number of ketones is 1. The Morgan fingerprint density at radius 1 is 1.12 bits per heavy atom. The van der Waals surface area contributed by atoms with Crippen LogP contribution in [0.5, 0.6) is 0 Å². The van der Waals surface area contributed by atoms with E-state index in [2.05, 4.69) is 20.9 Å². The van der Waals surface area contributed by atoms with Gasteiger partial charge >= 0.3 is 0 Å². The summed E-state index contributed by atoms with van der Waals surface area (Å²) in [5, 5.41) is 0. The fraction of sp³-hybridized carbons (Fsp3) is 0.263. The second-order valence-corrected chi connectivity index (χ2v) is 6.35. The zero-order valence-electron chi connectivity index (χ0n) is 13.4. The number of hydrogen-bond donors (Lipinski definition) is 1. The first kappa shape index (κ1) is 14.8. The highest BCUT2D eigenvalue weighted by molar-refractivity contribution is 6.08. The van der Waals surface area contributed by atoms with E-state index in [0.29, 0.717) is 23.3 Å². The molecule has 2 aromatic rings. The van der Waals surface area contributed by atoms with Crippen molar-refractivity contribution in [2.45, 2.75) is 18.5 Å². The molecule has 5 heteroatoms. The second kappa shape index (κ2) is 6.00. The number of allylic oxidation sites excluding steroid dienone is 1. The first-order chi connectivity index (χ1) is 11.7. The minimum Gasteiger partial charge on any atom is -0.398 e. The fourth-order valence-corrected chi connectivity index (χ4v) is 3.66. The van der Waals surface area contributed by atoms with Gasteiger partial charge in [-0.15, -0.1) is 0 Å². The first-order valence-electron chi connectivity index (χ1n) is 8.23. The van der Waals surface area contributed by atoms with Crippen LogP contribution in [0.15, 0.2) is 60.9 Å². The van der Waals surface area contributed by atoms with Crippen LogP contribution in [-0.2, 0) is 0 Å². The Balaban J connectivity index is 1.42. The molecule has 2 atom stereocenters. The Morgan fingerprint density at radius 3 is 2.67 bits per heavy atom. The van der Waals surface area contributed by atoms with Gasteiger partial charge in [-0.2, -0.15) is 0 Å². The third kappa shape index (κ3) is 2.62. The highest BCUT2D eigenvalue weighted by Crippen LogP contribution is 2.33. The van der Waals surface area contributed by atoms with Crippen LogP contribution in [0.25, 0.3) is 0 Å². The number of aromatic nitrogens is 1. The summed E-state index contributed by atoms with van der Waals surface area (Å²) in [4.78, 5) is 21.4. The highest BCUT2D eigenvalue weighted by Gasteiger charge is 2.42. The summed E-state index contributed by atoms with van der Waals surface area (Å²) in [7, 11) is 0. The number of rotatable bonds is 4. The molecule has 4 rings (SSSR count). The number of nitrogens with two attached hydrogens (primary N) is 1. The standard InChI is InChI=1S/C19H20N4O/c20-17-6-2-1-5-16(17)18(24)8-10-22-12-15-11-14(22)13-23(15)19-7-3-4-9-21-19/h1-10,14-15H,11-13,20H2/b10-8+/t14-,15-/m1/s1. The number of likely N-dealkylation sites (tertiary alicyclic amines) is 1. The van der Waals surface area contributed by atoms with Crippen LogP contribution in [0, 0.1) is 0 Å². The molecule has 2 N–H and O–H groups in total. The molecule has 1 aromatic heterocycles. The van der Waals surface area contributed by atoms with Gasteiger partial charge in [-0.05, 0) is 30.7 Å². The van der Waals surface area contributed by atoms with Crippen LogP contribution in [0.1, 0.15) is 16.8 Å². The van der Waals surface area contributed by atoms with E-state index < -0.39 is 0 Å². The lowest BCUT2D eigenvalue weighted by atomic mass is 10.1. The predicted molar refractivity (Wildman–Crippen MR) is 94.8 cm³/mol. The molecule has 0 saturated carbocycles. The highest BCUT2D eigenvalue weighted by atomic mass is 16.1. The summed E-state index contributed by atoms with van der Waals surface area (Å²) in [6.07, 6.45) is 6.51. The third-order valence-electron chi connectivity index (χ3n) is 4.87. The van der Waals surface area contributed by atoms with Gasteiger partial charge in [-0.3, -0.25) is 4.79 Å². The van der Waals surface area contributed by atoms with E-state index >= 15 is 0 Å². The number of piperazine rings is 1. The monoisotopic (exact) mass is 320 g/mol. The van der Waals surface area contributed by atoms with Crippen molar-refractivity contribution in [3.63, 3.8) is 0 Å². The summed E-state index contributed by atoms with van der Waals surface area (Å²) in [5.74, 6) is 0.999. The molecule has 5 nitrogen and oxygen atoms in total. The van der Waals surface area contributed by atoms with Crippen molar-refractivity contribution in [3.8, 4) is 0 Å². The van der Waals surface area contributed by atoms with Crippen LogP contribution in [0.4, 0.5) is 11.5 Å². The van der Waals surface area contributed by atoms with E-state index in [9.17, 15) is 4.79 Å². The molecular formula is C19H20N4O. The van der Waals surface area contributed by atoms with E-state index in [1.807, 2.05) is 36.7 Å². The summed E-state index contributed by atoms with van der Waals surface area (Å²) in [6.45, 7) is 1.88. The first-order valence-corrected chi connectivity index (χ1v) is 8.23. The van der Waals surface area contributed by atoms with Crippen LogP contribution < -0.4 is 10.6 Å². The largest absolute Gasteiger partial charge is 0.398 e. The molecule has 2 bridgehead atoms. The molecule has 0 spiro atoms. The average molecular weight is 320 g/mol. The Bertz CT molecular complexity index is 774. The van der Waals surface area contributed by atoms with Crippen molar-refractivity contribution in [2.24, 2.45) is 0 Å². The average Bonchev–Trinajstić information content (AvgIpc) is 3.21. The number of nitrogen functional groups attached to an aromatic ring is 1. The van der Waals surface area contributed by atoms with Crippen LogP contribution in [0.2, 0.25) is 0 Å². The van der Waals surface area contributed by atoms with Gasteiger partial charge in [0.25, 0.3) is 0 Å². The molecular weight excluding hydrogens is 300 g/mol.